The van der Waals surface area contributed by atoms with Crippen LogP contribution in [-0.4, -0.2) is 90.7 Å². The third kappa shape index (κ3) is 8.45. The van der Waals surface area contributed by atoms with Crippen LogP contribution in [0.15, 0.2) is 27.6 Å². The van der Waals surface area contributed by atoms with Crippen molar-refractivity contribution in [2.24, 2.45) is 0 Å². The Hall–Kier alpha value is -3.26. The Morgan fingerprint density at radius 1 is 1.14 bits per heavy atom. The summed E-state index contributed by atoms with van der Waals surface area (Å²) in [6.07, 6.45) is 1.77. The van der Waals surface area contributed by atoms with E-state index in [0.29, 0.717) is 12.6 Å². The fourth-order valence-corrected chi connectivity index (χ4v) is 3.93. The third-order valence-electron chi connectivity index (χ3n) is 5.46. The van der Waals surface area contributed by atoms with Gasteiger partial charge in [0.25, 0.3) is 0 Å². The molecular formula is C22H31FN4O8S. The van der Waals surface area contributed by atoms with Gasteiger partial charge in [-0.3, -0.25) is 4.90 Å². The highest BCUT2D eigenvalue weighted by molar-refractivity contribution is 7.90. The number of nitrogens with zero attached hydrogens (tertiary/aromatic N) is 4. The summed E-state index contributed by atoms with van der Waals surface area (Å²) in [6, 6.07) is 4.56. The first-order valence-electron chi connectivity index (χ1n) is 11.2. The Kier molecular flexibility index (Phi) is 10.2. The van der Waals surface area contributed by atoms with Gasteiger partial charge in [0, 0.05) is 44.4 Å². The van der Waals surface area contributed by atoms with Gasteiger partial charge in [-0.25, -0.2) is 22.4 Å². The van der Waals surface area contributed by atoms with Crippen LogP contribution in [0, 0.1) is 5.82 Å². The molecule has 1 aromatic carbocycles. The minimum Gasteiger partial charge on any atom is -0.490 e. The van der Waals surface area contributed by atoms with Crippen molar-refractivity contribution in [1.29, 1.82) is 0 Å². The first-order chi connectivity index (χ1) is 16.8. The van der Waals surface area contributed by atoms with Gasteiger partial charge in [-0.2, -0.15) is 4.98 Å². The van der Waals surface area contributed by atoms with Gasteiger partial charge < -0.3 is 24.4 Å². The topological polar surface area (TPSA) is 163 Å². The summed E-state index contributed by atoms with van der Waals surface area (Å²) < 4.78 is 48.0. The number of sulfone groups is 1. The molecule has 0 aliphatic carbocycles. The molecule has 2 aromatic rings. The van der Waals surface area contributed by atoms with E-state index in [9.17, 15) is 12.8 Å². The van der Waals surface area contributed by atoms with Crippen molar-refractivity contribution < 1.29 is 41.9 Å². The third-order valence-corrected chi connectivity index (χ3v) is 6.57. The standard InChI is InChI=1S/C20H29FN4O4S.C2H2O4/c1-14(2)19-22-20(29-23-19)25-10-8-24(9-11-25)15(3)7-12-28-18-6-5-16(13-17(18)21)30(4,26)27;3-1(4)2(5)6/h5-6,13-15H,7-12H2,1-4H3;(H,3,4)(H,5,6). The van der Waals surface area contributed by atoms with Crippen LogP contribution < -0.4 is 9.64 Å². The summed E-state index contributed by atoms with van der Waals surface area (Å²) >= 11 is 0. The quantitative estimate of drug-likeness (QED) is 0.477. The first kappa shape index (κ1) is 29.0. The number of hydrogen-bond donors (Lipinski definition) is 2. The molecule has 1 aromatic heterocycles. The number of carbonyl (C=O) groups is 2. The van der Waals surface area contributed by atoms with Gasteiger partial charge in [-0.15, -0.1) is 0 Å². The lowest BCUT2D eigenvalue weighted by Crippen LogP contribution is -2.50. The highest BCUT2D eigenvalue weighted by Crippen LogP contribution is 2.22. The number of aromatic nitrogens is 2. The summed E-state index contributed by atoms with van der Waals surface area (Å²) in [7, 11) is -3.44. The second-order valence-electron chi connectivity index (χ2n) is 8.57. The Morgan fingerprint density at radius 2 is 1.75 bits per heavy atom. The molecule has 0 bridgehead atoms. The second kappa shape index (κ2) is 12.6. The number of benzene rings is 1. The molecule has 0 radical (unpaired) electrons. The monoisotopic (exact) mass is 530 g/mol. The molecule has 3 rings (SSSR count). The number of carboxylic acids is 2. The lowest BCUT2D eigenvalue weighted by Gasteiger charge is -2.37. The van der Waals surface area contributed by atoms with Crippen LogP contribution >= 0.6 is 0 Å². The van der Waals surface area contributed by atoms with Crippen molar-refractivity contribution in [1.82, 2.24) is 15.0 Å². The van der Waals surface area contributed by atoms with E-state index in [0.717, 1.165) is 50.7 Å². The smallest absolute Gasteiger partial charge is 0.414 e. The molecule has 36 heavy (non-hydrogen) atoms. The van der Waals surface area contributed by atoms with Gasteiger partial charge >= 0.3 is 18.0 Å². The van der Waals surface area contributed by atoms with Crippen LogP contribution in [-0.2, 0) is 19.4 Å². The summed E-state index contributed by atoms with van der Waals surface area (Å²) in [4.78, 5) is 27.0. The first-order valence-corrected chi connectivity index (χ1v) is 13.1. The normalized spacial score (nSPS) is 15.2. The van der Waals surface area contributed by atoms with Crippen LogP contribution in [0.3, 0.4) is 0 Å². The van der Waals surface area contributed by atoms with Crippen LogP contribution in [0.5, 0.6) is 5.75 Å². The van der Waals surface area contributed by atoms with Crippen molar-refractivity contribution in [2.45, 2.75) is 44.0 Å². The zero-order chi connectivity index (χ0) is 27.0. The summed E-state index contributed by atoms with van der Waals surface area (Å²) in [5, 5.41) is 18.8. The van der Waals surface area contributed by atoms with Crippen molar-refractivity contribution in [3.8, 4) is 5.75 Å². The highest BCUT2D eigenvalue weighted by Gasteiger charge is 2.25. The molecule has 2 N–H and O–H groups in total. The molecule has 2 heterocycles. The van der Waals surface area contributed by atoms with Gasteiger partial charge in [-0.1, -0.05) is 19.0 Å². The summed E-state index contributed by atoms with van der Waals surface area (Å²) in [5.41, 5.74) is 0. The molecule has 1 aliphatic rings. The fourth-order valence-electron chi connectivity index (χ4n) is 3.29. The van der Waals surface area contributed by atoms with Crippen LogP contribution in [0.2, 0.25) is 0 Å². The van der Waals surface area contributed by atoms with E-state index in [1.165, 1.54) is 12.1 Å². The maximum Gasteiger partial charge on any atom is 0.414 e. The minimum absolute atomic E-state index is 0.0552. The second-order valence-corrected chi connectivity index (χ2v) is 10.6. The van der Waals surface area contributed by atoms with E-state index in [-0.39, 0.29) is 22.6 Å². The maximum absolute atomic E-state index is 14.1. The van der Waals surface area contributed by atoms with Crippen LogP contribution in [0.1, 0.15) is 38.9 Å². The molecule has 1 fully saturated rings. The molecule has 1 saturated heterocycles. The lowest BCUT2D eigenvalue weighted by molar-refractivity contribution is -0.159. The fraction of sp³-hybridized carbons (Fsp3) is 0.545. The number of aliphatic carboxylic acids is 2. The zero-order valence-corrected chi connectivity index (χ0v) is 21.4. The zero-order valence-electron chi connectivity index (χ0n) is 20.5. The number of carboxylic acid groups (broad SMARTS) is 2. The van der Waals surface area contributed by atoms with E-state index in [4.69, 9.17) is 29.1 Å². The molecule has 0 spiro atoms. The Balaban J connectivity index is 0.000000678. The van der Waals surface area contributed by atoms with Gasteiger partial charge in [-0.05, 0) is 31.5 Å². The number of ether oxygens (including phenoxy) is 1. The van der Waals surface area contributed by atoms with Crippen molar-refractivity contribution in [2.75, 3.05) is 43.9 Å². The number of piperazine rings is 1. The predicted molar refractivity (Wildman–Crippen MR) is 127 cm³/mol. The van der Waals surface area contributed by atoms with E-state index in [1.54, 1.807) is 0 Å². The van der Waals surface area contributed by atoms with Gasteiger partial charge in [0.05, 0.1) is 11.5 Å². The summed E-state index contributed by atoms with van der Waals surface area (Å²) in [6.45, 7) is 9.84. The molecule has 1 aliphatic heterocycles. The number of hydrogen-bond acceptors (Lipinski definition) is 10. The molecule has 1 atom stereocenters. The molecular weight excluding hydrogens is 499 g/mol. The average molecular weight is 531 g/mol. The van der Waals surface area contributed by atoms with Crippen molar-refractivity contribution >= 4 is 27.8 Å². The Morgan fingerprint density at radius 3 is 2.22 bits per heavy atom. The molecule has 200 valence electrons. The van der Waals surface area contributed by atoms with E-state index in [2.05, 4.69) is 26.9 Å². The van der Waals surface area contributed by atoms with Crippen molar-refractivity contribution in [3.05, 3.63) is 29.8 Å². The van der Waals surface area contributed by atoms with Gasteiger partial charge in [0.1, 0.15) is 0 Å². The van der Waals surface area contributed by atoms with Crippen molar-refractivity contribution in [3.63, 3.8) is 0 Å². The largest absolute Gasteiger partial charge is 0.490 e. The minimum atomic E-state index is -3.44. The molecule has 0 saturated carbocycles. The van der Waals surface area contributed by atoms with E-state index < -0.39 is 27.6 Å². The highest BCUT2D eigenvalue weighted by atomic mass is 32.2. The number of rotatable bonds is 8. The van der Waals surface area contributed by atoms with Gasteiger partial charge in [0.15, 0.2) is 27.2 Å². The number of anilines is 1. The lowest BCUT2D eigenvalue weighted by atomic mass is 10.2. The molecule has 1 unspecified atom stereocenters. The summed E-state index contributed by atoms with van der Waals surface area (Å²) in [5.74, 6) is -3.30. The van der Waals surface area contributed by atoms with Crippen LogP contribution in [0.4, 0.5) is 10.4 Å². The average Bonchev–Trinajstić information content (AvgIpc) is 3.30. The molecule has 12 nitrogen and oxygen atoms in total. The van der Waals surface area contributed by atoms with Crippen LogP contribution in [0.25, 0.3) is 0 Å². The van der Waals surface area contributed by atoms with Gasteiger partial charge in [0.2, 0.25) is 0 Å². The van der Waals surface area contributed by atoms with E-state index >= 15 is 0 Å². The Labute approximate surface area is 208 Å². The predicted octanol–water partition coefficient (Wildman–Crippen LogP) is 1.87. The maximum atomic E-state index is 14.1. The Bertz CT molecular complexity index is 1130. The number of halogens is 1. The molecule has 14 heteroatoms. The molecule has 0 amide bonds. The van der Waals surface area contributed by atoms with E-state index in [1.807, 2.05) is 13.8 Å². The SMILES string of the molecule is CC(C)c1noc(N2CCN(C(C)CCOc3ccc(S(C)(=O)=O)cc3F)CC2)n1.O=C(O)C(=O)O.